The molecule has 0 saturated heterocycles. The molecule has 0 N–H and O–H groups in total. The van der Waals surface area contributed by atoms with Crippen molar-refractivity contribution in [3.05, 3.63) is 99.8 Å². The number of Topliss-reactive ketones (excluding diaryl/α,β-unsaturated/α-hetero) is 1. The number of carbonyl (C=O) groups is 1. The third-order valence-electron chi connectivity index (χ3n) is 6.61. The van der Waals surface area contributed by atoms with Crippen LogP contribution in [0.3, 0.4) is 0 Å². The molecule has 2 aromatic heterocycles. The fourth-order valence-electron chi connectivity index (χ4n) is 5.00. The van der Waals surface area contributed by atoms with E-state index in [-0.39, 0.29) is 23.7 Å². The van der Waals surface area contributed by atoms with Crippen LogP contribution in [-0.4, -0.2) is 31.6 Å². The summed E-state index contributed by atoms with van der Waals surface area (Å²) in [5.41, 5.74) is 3.52. The predicted molar refractivity (Wildman–Crippen MR) is 139 cm³/mol. The first-order chi connectivity index (χ1) is 17.9. The first-order valence-corrected chi connectivity index (χ1v) is 12.4. The monoisotopic (exact) mass is 513 g/mol. The van der Waals surface area contributed by atoms with Crippen LogP contribution in [0.1, 0.15) is 55.1 Å². The molecule has 3 heterocycles. The Bertz CT molecular complexity index is 1580. The number of allylic oxidation sites excluding steroid dienone is 2. The summed E-state index contributed by atoms with van der Waals surface area (Å²) in [6, 6.07) is 17.3. The summed E-state index contributed by atoms with van der Waals surface area (Å²) in [6.45, 7) is 4.22. The summed E-state index contributed by atoms with van der Waals surface area (Å²) in [5, 5.41) is 9.11. The van der Waals surface area contributed by atoms with Gasteiger partial charge in [-0.25, -0.2) is 14.5 Å². The third kappa shape index (κ3) is 4.38. The van der Waals surface area contributed by atoms with Crippen LogP contribution in [0.5, 0.6) is 5.88 Å². The summed E-state index contributed by atoms with van der Waals surface area (Å²) >= 11 is 6.16. The molecule has 0 radical (unpaired) electrons. The maximum absolute atomic E-state index is 13.4. The molecule has 0 fully saturated rings. The van der Waals surface area contributed by atoms with E-state index >= 15 is 0 Å². The number of benzene rings is 2. The lowest BCUT2D eigenvalue weighted by molar-refractivity contribution is -0.118. The van der Waals surface area contributed by atoms with Crippen LogP contribution in [-0.2, 0) is 16.2 Å². The van der Waals surface area contributed by atoms with E-state index in [4.69, 9.17) is 26.2 Å². The summed E-state index contributed by atoms with van der Waals surface area (Å²) < 4.78 is 7.86. The van der Waals surface area contributed by atoms with Gasteiger partial charge in [-0.15, -0.1) is 5.10 Å². The van der Waals surface area contributed by atoms with Crippen molar-refractivity contribution in [2.24, 2.45) is 10.6 Å². The van der Waals surface area contributed by atoms with Crippen molar-refractivity contribution in [1.82, 2.24) is 19.6 Å². The van der Waals surface area contributed by atoms with E-state index in [9.17, 15) is 4.79 Å². The van der Waals surface area contributed by atoms with Crippen molar-refractivity contribution >= 4 is 29.2 Å². The number of fused-ring (bicyclic) bond motifs is 3. The van der Waals surface area contributed by atoms with E-state index in [0.717, 1.165) is 16.7 Å². The molecule has 1 unspecified atom stereocenters. The minimum absolute atomic E-state index is 0.0509. The Morgan fingerprint density at radius 3 is 2.76 bits per heavy atom. The van der Waals surface area contributed by atoms with Gasteiger partial charge in [-0.05, 0) is 17.0 Å². The zero-order valence-electron chi connectivity index (χ0n) is 20.4. The van der Waals surface area contributed by atoms with E-state index in [1.54, 1.807) is 23.1 Å². The molecule has 0 spiro atoms. The smallest absolute Gasteiger partial charge is 0.228 e. The largest absolute Gasteiger partial charge is 0.442 e. The first kappa shape index (κ1) is 23.4. The normalized spacial score (nSPS) is 18.6. The van der Waals surface area contributed by atoms with Crippen LogP contribution in [0, 0.1) is 5.41 Å². The Kier molecular flexibility index (Phi) is 5.76. The molecule has 6 rings (SSSR count). The minimum atomic E-state index is -0.351. The second kappa shape index (κ2) is 9.12. The summed E-state index contributed by atoms with van der Waals surface area (Å²) in [7, 11) is 0. The van der Waals surface area contributed by atoms with Gasteiger partial charge in [0.25, 0.3) is 0 Å². The molecule has 9 heteroatoms. The second-order valence-corrected chi connectivity index (χ2v) is 10.4. The predicted octanol–water partition coefficient (Wildman–Crippen LogP) is 5.50. The van der Waals surface area contributed by atoms with E-state index in [1.165, 1.54) is 0 Å². The number of carbonyl (C=O) groups excluding carboxylic acids is 1. The molecule has 1 atom stereocenters. The number of oxime groups is 1. The number of aromatic nitrogens is 4. The molecule has 2 aliphatic rings. The van der Waals surface area contributed by atoms with Crippen molar-refractivity contribution in [2.75, 3.05) is 0 Å². The van der Waals surface area contributed by atoms with Crippen molar-refractivity contribution < 1.29 is 14.4 Å². The molecule has 0 saturated carbocycles. The van der Waals surface area contributed by atoms with Crippen LogP contribution in [0.25, 0.3) is 5.65 Å². The molecule has 2 aromatic carbocycles. The van der Waals surface area contributed by atoms with Gasteiger partial charge in [0.1, 0.15) is 12.1 Å². The molecule has 1 aliphatic carbocycles. The van der Waals surface area contributed by atoms with Gasteiger partial charge in [0.15, 0.2) is 23.9 Å². The van der Waals surface area contributed by atoms with Gasteiger partial charge < -0.3 is 9.57 Å². The Hall–Kier alpha value is -4.04. The van der Waals surface area contributed by atoms with Gasteiger partial charge in [-0.2, -0.15) is 0 Å². The highest BCUT2D eigenvalue weighted by Gasteiger charge is 2.43. The quantitative estimate of drug-likeness (QED) is 0.258. The van der Waals surface area contributed by atoms with Crippen LogP contribution < -0.4 is 4.74 Å². The molecular formula is C28H24ClN5O3. The van der Waals surface area contributed by atoms with Gasteiger partial charge >= 0.3 is 0 Å². The Labute approximate surface area is 218 Å². The fraction of sp³-hybridized carbons (Fsp3) is 0.250. The zero-order chi connectivity index (χ0) is 25.6. The summed E-state index contributed by atoms with van der Waals surface area (Å²) in [6.07, 6.45) is 4.24. The number of halogens is 1. The summed E-state index contributed by atoms with van der Waals surface area (Å²) in [4.78, 5) is 28.2. The topological polar surface area (TPSA) is 91.0 Å². The molecular weight excluding hydrogens is 490 g/mol. The van der Waals surface area contributed by atoms with Gasteiger partial charge in [0, 0.05) is 34.9 Å². The number of rotatable bonds is 5. The van der Waals surface area contributed by atoms with Crippen molar-refractivity contribution in [3.63, 3.8) is 0 Å². The first-order valence-electron chi connectivity index (χ1n) is 12.0. The SMILES string of the molecule is CC1(C)CC(=O)C2=C(C1)Oc1ncn3nc(CON=Cc4ccccc4Cl)nc3c1C2c1ccccc1. The highest BCUT2D eigenvalue weighted by molar-refractivity contribution is 6.33. The minimum Gasteiger partial charge on any atom is -0.442 e. The molecule has 0 amide bonds. The zero-order valence-corrected chi connectivity index (χ0v) is 21.1. The highest BCUT2D eigenvalue weighted by atomic mass is 35.5. The van der Waals surface area contributed by atoms with Gasteiger partial charge in [-0.3, -0.25) is 4.79 Å². The van der Waals surface area contributed by atoms with Crippen LogP contribution >= 0.6 is 11.6 Å². The second-order valence-electron chi connectivity index (χ2n) is 10.0. The fourth-order valence-corrected chi connectivity index (χ4v) is 5.18. The van der Waals surface area contributed by atoms with Crippen LogP contribution in [0.4, 0.5) is 0 Å². The molecule has 37 heavy (non-hydrogen) atoms. The number of ketones is 1. The standard InChI is InChI=1S/C28H24ClN5O3/c1-28(2)12-20(35)24-21(13-28)37-27-25(23(24)17-8-4-3-5-9-17)26-32-22(33-34(26)16-30-27)15-36-31-14-18-10-6-7-11-19(18)29/h3-11,14,16,23H,12-13,15H2,1-2H3. The molecule has 186 valence electrons. The van der Waals surface area contributed by atoms with E-state index in [2.05, 4.69) is 29.1 Å². The summed E-state index contributed by atoms with van der Waals surface area (Å²) in [5.74, 6) is 1.30. The number of ether oxygens (including phenoxy) is 1. The maximum Gasteiger partial charge on any atom is 0.228 e. The number of nitrogens with zero attached hydrogens (tertiary/aromatic N) is 5. The number of hydrogen-bond acceptors (Lipinski definition) is 7. The maximum atomic E-state index is 13.4. The van der Waals surface area contributed by atoms with E-state index < -0.39 is 0 Å². The van der Waals surface area contributed by atoms with E-state index in [1.807, 2.05) is 48.5 Å². The lowest BCUT2D eigenvalue weighted by Crippen LogP contribution is -2.33. The lowest BCUT2D eigenvalue weighted by Gasteiger charge is -2.37. The van der Waals surface area contributed by atoms with Gasteiger partial charge in [0.2, 0.25) is 5.88 Å². The molecule has 1 aliphatic heterocycles. The molecule has 4 aromatic rings. The highest BCUT2D eigenvalue weighted by Crippen LogP contribution is 2.50. The van der Waals surface area contributed by atoms with E-state index in [0.29, 0.717) is 46.5 Å². The van der Waals surface area contributed by atoms with Crippen LogP contribution in [0.15, 0.2) is 77.4 Å². The van der Waals surface area contributed by atoms with Crippen molar-refractivity contribution in [2.45, 2.75) is 39.2 Å². The van der Waals surface area contributed by atoms with Gasteiger partial charge in [0.05, 0.1) is 11.8 Å². The Balaban J connectivity index is 1.37. The van der Waals surface area contributed by atoms with Crippen LogP contribution in [0.2, 0.25) is 5.02 Å². The molecule has 0 bridgehead atoms. The Morgan fingerprint density at radius 1 is 1.16 bits per heavy atom. The van der Waals surface area contributed by atoms with Gasteiger partial charge in [-0.1, -0.05) is 79.1 Å². The molecule has 8 nitrogen and oxygen atoms in total. The average Bonchev–Trinajstić information content (AvgIpc) is 3.29. The average molecular weight is 514 g/mol. The number of hydrogen-bond donors (Lipinski definition) is 0. The Morgan fingerprint density at radius 2 is 1.95 bits per heavy atom. The van der Waals surface area contributed by atoms with Crippen molar-refractivity contribution in [3.8, 4) is 5.88 Å². The third-order valence-corrected chi connectivity index (χ3v) is 6.95. The lowest BCUT2D eigenvalue weighted by atomic mass is 9.70. The van der Waals surface area contributed by atoms with Crippen molar-refractivity contribution in [1.29, 1.82) is 0 Å².